The van der Waals surface area contributed by atoms with Gasteiger partial charge in [0.05, 0.1) is 10.0 Å². The summed E-state index contributed by atoms with van der Waals surface area (Å²) >= 11 is 11.6. The molecule has 1 unspecified atom stereocenters. The molecule has 0 aromatic heterocycles. The third-order valence-corrected chi connectivity index (χ3v) is 3.88. The number of carbonyl (C=O) groups excluding carboxylic acids is 3. The minimum atomic E-state index is -0.767. The van der Waals surface area contributed by atoms with Crippen LogP contribution in [-0.2, 0) is 4.79 Å². The monoisotopic (exact) mass is 374 g/mol. The Hall–Kier alpha value is -1.99. The number of amides is 4. The lowest BCUT2D eigenvalue weighted by Crippen LogP contribution is -2.52. The van der Waals surface area contributed by atoms with Crippen LogP contribution in [0, 0.1) is 5.92 Å². The number of rotatable bonds is 7. The Morgan fingerprint density at radius 1 is 1.08 bits per heavy atom. The van der Waals surface area contributed by atoms with Gasteiger partial charge in [0.2, 0.25) is 5.91 Å². The summed E-state index contributed by atoms with van der Waals surface area (Å²) in [5.74, 6) is -0.825. The third kappa shape index (κ3) is 6.25. The molecule has 1 atom stereocenters. The number of carbonyl (C=O) groups is 3. The predicted molar refractivity (Wildman–Crippen MR) is 93.2 cm³/mol. The standard InChI is InChI=1S/C15H20Cl2N4O3/c1-8(2)12(21-15(18)24)14(23)20-6-5-19-13(22)9-3-4-10(16)11(17)7-9/h3-4,7-8,12H,5-6H2,1-2H3,(H,19,22)(H,20,23)(H3,18,21,24). The van der Waals surface area contributed by atoms with Crippen LogP contribution in [0.5, 0.6) is 0 Å². The molecular weight excluding hydrogens is 355 g/mol. The fourth-order valence-corrected chi connectivity index (χ4v) is 2.20. The predicted octanol–water partition coefficient (Wildman–Crippen LogP) is 1.53. The van der Waals surface area contributed by atoms with Gasteiger partial charge < -0.3 is 21.7 Å². The number of halogens is 2. The SMILES string of the molecule is CC(C)C(NC(N)=O)C(=O)NCCNC(=O)c1ccc(Cl)c(Cl)c1. The first-order valence-electron chi connectivity index (χ1n) is 7.29. The molecule has 0 bridgehead atoms. The maximum atomic E-state index is 12.0. The van der Waals surface area contributed by atoms with Crippen molar-refractivity contribution in [2.75, 3.05) is 13.1 Å². The third-order valence-electron chi connectivity index (χ3n) is 3.14. The van der Waals surface area contributed by atoms with Crippen LogP contribution in [0.3, 0.4) is 0 Å². The summed E-state index contributed by atoms with van der Waals surface area (Å²) in [4.78, 5) is 34.8. The Balaban J connectivity index is 2.44. The molecule has 4 amide bonds. The van der Waals surface area contributed by atoms with E-state index in [9.17, 15) is 14.4 Å². The van der Waals surface area contributed by atoms with E-state index in [1.807, 2.05) is 0 Å². The number of nitrogens with one attached hydrogen (secondary N) is 3. The molecule has 0 heterocycles. The lowest BCUT2D eigenvalue weighted by molar-refractivity contribution is -0.123. The van der Waals surface area contributed by atoms with Crippen LogP contribution in [-0.4, -0.2) is 37.0 Å². The molecule has 9 heteroatoms. The number of hydrogen-bond acceptors (Lipinski definition) is 3. The van der Waals surface area contributed by atoms with Gasteiger partial charge in [-0.1, -0.05) is 37.0 Å². The molecule has 0 aliphatic heterocycles. The number of urea groups is 1. The molecule has 24 heavy (non-hydrogen) atoms. The Morgan fingerprint density at radius 2 is 1.71 bits per heavy atom. The summed E-state index contributed by atoms with van der Waals surface area (Å²) in [5, 5.41) is 8.30. The average molecular weight is 375 g/mol. The zero-order valence-electron chi connectivity index (χ0n) is 13.4. The van der Waals surface area contributed by atoms with E-state index in [4.69, 9.17) is 28.9 Å². The molecule has 1 aromatic carbocycles. The molecule has 0 spiro atoms. The van der Waals surface area contributed by atoms with Crippen molar-refractivity contribution in [1.82, 2.24) is 16.0 Å². The van der Waals surface area contributed by atoms with Crippen LogP contribution in [0.15, 0.2) is 18.2 Å². The van der Waals surface area contributed by atoms with E-state index in [0.717, 1.165) is 0 Å². The summed E-state index contributed by atoms with van der Waals surface area (Å²) in [6.45, 7) is 3.99. The van der Waals surface area contributed by atoms with E-state index in [1.54, 1.807) is 19.9 Å². The van der Waals surface area contributed by atoms with E-state index in [0.29, 0.717) is 10.6 Å². The van der Waals surface area contributed by atoms with Gasteiger partial charge in [-0.25, -0.2) is 4.79 Å². The molecule has 0 aliphatic rings. The minimum Gasteiger partial charge on any atom is -0.353 e. The number of hydrogen-bond donors (Lipinski definition) is 4. The lowest BCUT2D eigenvalue weighted by atomic mass is 10.0. The van der Waals surface area contributed by atoms with Crippen molar-refractivity contribution in [3.63, 3.8) is 0 Å². The van der Waals surface area contributed by atoms with Gasteiger partial charge in [-0.2, -0.15) is 0 Å². The first kappa shape index (κ1) is 20.1. The molecule has 0 fully saturated rings. The van der Waals surface area contributed by atoms with E-state index in [1.165, 1.54) is 12.1 Å². The smallest absolute Gasteiger partial charge is 0.312 e. The fraction of sp³-hybridized carbons (Fsp3) is 0.400. The molecule has 5 N–H and O–H groups in total. The van der Waals surface area contributed by atoms with Crippen molar-refractivity contribution in [3.05, 3.63) is 33.8 Å². The van der Waals surface area contributed by atoms with Gasteiger partial charge in [-0.3, -0.25) is 9.59 Å². The second kappa shape index (κ2) is 9.34. The Morgan fingerprint density at radius 3 is 2.25 bits per heavy atom. The van der Waals surface area contributed by atoms with Gasteiger partial charge in [0.15, 0.2) is 0 Å². The topological polar surface area (TPSA) is 113 Å². The van der Waals surface area contributed by atoms with Gasteiger partial charge in [-0.15, -0.1) is 0 Å². The van der Waals surface area contributed by atoms with Gasteiger partial charge in [0, 0.05) is 18.7 Å². The van der Waals surface area contributed by atoms with Gasteiger partial charge >= 0.3 is 6.03 Å². The lowest BCUT2D eigenvalue weighted by Gasteiger charge is -2.20. The van der Waals surface area contributed by atoms with E-state index >= 15 is 0 Å². The van der Waals surface area contributed by atoms with Crippen molar-refractivity contribution >= 4 is 41.0 Å². The molecular formula is C15H20Cl2N4O3. The van der Waals surface area contributed by atoms with Crippen molar-refractivity contribution in [1.29, 1.82) is 0 Å². The molecule has 0 saturated heterocycles. The van der Waals surface area contributed by atoms with Crippen LogP contribution in [0.25, 0.3) is 0 Å². The van der Waals surface area contributed by atoms with Crippen molar-refractivity contribution in [2.45, 2.75) is 19.9 Å². The zero-order chi connectivity index (χ0) is 18.3. The Labute approximate surface area is 150 Å². The highest BCUT2D eigenvalue weighted by Gasteiger charge is 2.22. The van der Waals surface area contributed by atoms with Crippen LogP contribution < -0.4 is 21.7 Å². The number of nitrogens with two attached hydrogens (primary N) is 1. The normalized spacial score (nSPS) is 11.7. The highest BCUT2D eigenvalue weighted by Crippen LogP contribution is 2.22. The molecule has 0 saturated carbocycles. The second-order valence-electron chi connectivity index (χ2n) is 5.41. The summed E-state index contributed by atoms with van der Waals surface area (Å²) in [7, 11) is 0. The van der Waals surface area contributed by atoms with E-state index in [2.05, 4.69) is 16.0 Å². The summed E-state index contributed by atoms with van der Waals surface area (Å²) in [6, 6.07) is 3.05. The first-order chi connectivity index (χ1) is 11.2. The van der Waals surface area contributed by atoms with Gasteiger partial charge in [-0.05, 0) is 24.1 Å². The van der Waals surface area contributed by atoms with Crippen LogP contribution in [0.2, 0.25) is 10.0 Å². The zero-order valence-corrected chi connectivity index (χ0v) is 14.9. The highest BCUT2D eigenvalue weighted by molar-refractivity contribution is 6.42. The highest BCUT2D eigenvalue weighted by atomic mass is 35.5. The molecule has 7 nitrogen and oxygen atoms in total. The molecule has 0 radical (unpaired) electrons. The Bertz CT molecular complexity index is 623. The van der Waals surface area contributed by atoms with Crippen LogP contribution in [0.1, 0.15) is 24.2 Å². The van der Waals surface area contributed by atoms with Crippen LogP contribution >= 0.6 is 23.2 Å². The maximum Gasteiger partial charge on any atom is 0.312 e. The number of benzene rings is 1. The van der Waals surface area contributed by atoms with E-state index in [-0.39, 0.29) is 35.8 Å². The molecule has 1 rings (SSSR count). The second-order valence-corrected chi connectivity index (χ2v) is 6.22. The largest absolute Gasteiger partial charge is 0.353 e. The first-order valence-corrected chi connectivity index (χ1v) is 8.05. The van der Waals surface area contributed by atoms with Gasteiger partial charge in [0.25, 0.3) is 5.91 Å². The number of primary amides is 1. The summed E-state index contributed by atoms with van der Waals surface area (Å²) < 4.78 is 0. The molecule has 0 aliphatic carbocycles. The molecule has 1 aromatic rings. The minimum absolute atomic E-state index is 0.122. The quantitative estimate of drug-likeness (QED) is 0.542. The van der Waals surface area contributed by atoms with Crippen molar-refractivity contribution < 1.29 is 14.4 Å². The van der Waals surface area contributed by atoms with E-state index < -0.39 is 12.1 Å². The van der Waals surface area contributed by atoms with Crippen LogP contribution in [0.4, 0.5) is 4.79 Å². The summed E-state index contributed by atoms with van der Waals surface area (Å²) in [5.41, 5.74) is 5.41. The average Bonchev–Trinajstić information content (AvgIpc) is 2.50. The van der Waals surface area contributed by atoms with Crippen molar-refractivity contribution in [3.8, 4) is 0 Å². The molecule has 132 valence electrons. The Kier molecular flexibility index (Phi) is 7.81. The fourth-order valence-electron chi connectivity index (χ4n) is 1.90. The summed E-state index contributed by atoms with van der Waals surface area (Å²) in [6.07, 6.45) is 0. The van der Waals surface area contributed by atoms with Gasteiger partial charge in [0.1, 0.15) is 6.04 Å². The maximum absolute atomic E-state index is 12.0. The van der Waals surface area contributed by atoms with Crippen molar-refractivity contribution in [2.24, 2.45) is 11.7 Å².